The lowest BCUT2D eigenvalue weighted by Gasteiger charge is -2.13. The average molecular weight is 306 g/mol. The normalized spacial score (nSPS) is 10.0. The highest BCUT2D eigenvalue weighted by atomic mass is 32.1. The second kappa shape index (κ2) is 6.41. The predicted octanol–water partition coefficient (Wildman–Crippen LogP) is 3.22. The van der Waals surface area contributed by atoms with E-state index in [1.54, 1.807) is 44.6 Å². The van der Waals surface area contributed by atoms with Gasteiger partial charge in [-0.15, -0.1) is 0 Å². The van der Waals surface area contributed by atoms with E-state index >= 15 is 0 Å². The van der Waals surface area contributed by atoms with Gasteiger partial charge in [0, 0.05) is 11.6 Å². The number of nitrogens with two attached hydrogens (primary N) is 1. The second-order valence-corrected chi connectivity index (χ2v) is 4.69. The first kappa shape index (κ1) is 15.1. The molecule has 0 amide bonds. The molecule has 3 N–H and O–H groups in total. The summed E-state index contributed by atoms with van der Waals surface area (Å²) in [7, 11) is 3.10. The monoisotopic (exact) mass is 306 g/mol. The third-order valence-electron chi connectivity index (χ3n) is 2.93. The van der Waals surface area contributed by atoms with Crippen molar-refractivity contribution < 1.29 is 13.9 Å². The van der Waals surface area contributed by atoms with Gasteiger partial charge >= 0.3 is 0 Å². The lowest BCUT2D eigenvalue weighted by Crippen LogP contribution is -2.10. The van der Waals surface area contributed by atoms with Gasteiger partial charge in [0.2, 0.25) is 0 Å². The number of rotatable bonds is 5. The zero-order valence-electron chi connectivity index (χ0n) is 11.6. The van der Waals surface area contributed by atoms with Crippen LogP contribution in [0.5, 0.6) is 11.5 Å². The van der Waals surface area contributed by atoms with Gasteiger partial charge in [-0.3, -0.25) is 0 Å². The summed E-state index contributed by atoms with van der Waals surface area (Å²) in [5.41, 5.74) is 6.84. The van der Waals surface area contributed by atoms with Crippen LogP contribution in [0.15, 0.2) is 36.4 Å². The molecule has 0 fully saturated rings. The summed E-state index contributed by atoms with van der Waals surface area (Å²) >= 11 is 4.82. The van der Waals surface area contributed by atoms with Crippen LogP contribution >= 0.6 is 12.2 Å². The molecule has 0 saturated heterocycles. The zero-order valence-corrected chi connectivity index (χ0v) is 12.5. The van der Waals surface area contributed by atoms with Crippen LogP contribution < -0.4 is 20.5 Å². The van der Waals surface area contributed by atoms with E-state index in [2.05, 4.69) is 5.32 Å². The molecule has 4 nitrogen and oxygen atoms in total. The largest absolute Gasteiger partial charge is 0.497 e. The molecule has 0 aromatic heterocycles. The molecule has 0 spiro atoms. The molecular formula is C15H15FN2O2S. The molecule has 0 unspecified atom stereocenters. The zero-order chi connectivity index (χ0) is 15.4. The lowest BCUT2D eigenvalue weighted by atomic mass is 10.2. The average Bonchev–Trinajstić information content (AvgIpc) is 2.49. The summed E-state index contributed by atoms with van der Waals surface area (Å²) in [6, 6.07) is 9.74. The fourth-order valence-corrected chi connectivity index (χ4v) is 1.95. The summed E-state index contributed by atoms with van der Waals surface area (Å²) in [6.07, 6.45) is 0. The van der Waals surface area contributed by atoms with Crippen molar-refractivity contribution in [1.29, 1.82) is 0 Å². The Kier molecular flexibility index (Phi) is 4.59. The first-order valence-corrected chi connectivity index (χ1v) is 6.54. The molecule has 0 radical (unpaired) electrons. The molecule has 0 aliphatic heterocycles. The van der Waals surface area contributed by atoms with Crippen LogP contribution in [0.2, 0.25) is 0 Å². The third kappa shape index (κ3) is 3.41. The van der Waals surface area contributed by atoms with Crippen molar-refractivity contribution in [3.8, 4) is 11.5 Å². The maximum absolute atomic E-state index is 14.1. The Balaban J connectivity index is 2.35. The van der Waals surface area contributed by atoms with E-state index < -0.39 is 5.82 Å². The highest BCUT2D eigenvalue weighted by Gasteiger charge is 2.09. The third-order valence-corrected chi connectivity index (χ3v) is 3.17. The number of hydrogen-bond acceptors (Lipinski definition) is 4. The molecule has 0 atom stereocenters. The maximum atomic E-state index is 14.1. The van der Waals surface area contributed by atoms with E-state index in [0.29, 0.717) is 28.4 Å². The summed E-state index contributed by atoms with van der Waals surface area (Å²) in [4.78, 5) is 0.152. The van der Waals surface area contributed by atoms with Crippen molar-refractivity contribution in [2.45, 2.75) is 0 Å². The van der Waals surface area contributed by atoms with Crippen LogP contribution in [0, 0.1) is 5.82 Å². The lowest BCUT2D eigenvalue weighted by molar-refractivity contribution is 0.405. The molecule has 0 bridgehead atoms. The molecular weight excluding hydrogens is 291 g/mol. The Labute approximate surface area is 127 Å². The van der Waals surface area contributed by atoms with E-state index in [1.807, 2.05) is 0 Å². The molecule has 2 rings (SSSR count). The number of halogens is 1. The van der Waals surface area contributed by atoms with E-state index in [9.17, 15) is 4.39 Å². The molecule has 0 heterocycles. The minimum atomic E-state index is -0.454. The van der Waals surface area contributed by atoms with Gasteiger partial charge in [0.15, 0.2) is 0 Å². The summed E-state index contributed by atoms with van der Waals surface area (Å²) in [5, 5.41) is 2.97. The van der Waals surface area contributed by atoms with Gasteiger partial charge in [-0.2, -0.15) is 0 Å². The topological polar surface area (TPSA) is 56.5 Å². The highest BCUT2D eigenvalue weighted by molar-refractivity contribution is 7.80. The van der Waals surface area contributed by atoms with Crippen LogP contribution in [-0.2, 0) is 0 Å². The van der Waals surface area contributed by atoms with Crippen molar-refractivity contribution in [2.24, 2.45) is 5.73 Å². The molecule has 6 heteroatoms. The Bertz CT molecular complexity index is 677. The van der Waals surface area contributed by atoms with Crippen molar-refractivity contribution in [1.82, 2.24) is 0 Å². The number of anilines is 2. The van der Waals surface area contributed by atoms with Gasteiger partial charge in [-0.25, -0.2) is 4.39 Å². The van der Waals surface area contributed by atoms with E-state index in [1.165, 1.54) is 6.07 Å². The first-order valence-electron chi connectivity index (χ1n) is 6.13. The fourth-order valence-electron chi connectivity index (χ4n) is 1.83. The number of ether oxygens (including phenoxy) is 2. The maximum Gasteiger partial charge on any atom is 0.147 e. The van der Waals surface area contributed by atoms with Crippen molar-refractivity contribution in [3.05, 3.63) is 47.8 Å². The van der Waals surface area contributed by atoms with Gasteiger partial charge in [0.25, 0.3) is 0 Å². The van der Waals surface area contributed by atoms with Gasteiger partial charge in [-0.05, 0) is 30.3 Å². The van der Waals surface area contributed by atoms with Crippen molar-refractivity contribution >= 4 is 28.6 Å². The Hall–Kier alpha value is -2.34. The van der Waals surface area contributed by atoms with Gasteiger partial charge in [0.1, 0.15) is 22.3 Å². The number of thiocarbonyl (C=S) groups is 1. The smallest absolute Gasteiger partial charge is 0.147 e. The molecule has 2 aromatic carbocycles. The molecule has 0 aliphatic rings. The second-order valence-electron chi connectivity index (χ2n) is 4.25. The van der Waals surface area contributed by atoms with E-state index in [-0.39, 0.29) is 4.99 Å². The first-order chi connectivity index (χ1) is 10.0. The van der Waals surface area contributed by atoms with Crippen LogP contribution in [0.1, 0.15) is 5.56 Å². The number of nitrogens with one attached hydrogen (secondary N) is 1. The highest BCUT2D eigenvalue weighted by Crippen LogP contribution is 2.32. The molecule has 110 valence electrons. The number of benzene rings is 2. The molecule has 2 aromatic rings. The minimum Gasteiger partial charge on any atom is -0.497 e. The van der Waals surface area contributed by atoms with Gasteiger partial charge < -0.3 is 20.5 Å². The molecule has 0 saturated carbocycles. The van der Waals surface area contributed by atoms with Gasteiger partial charge in [-0.1, -0.05) is 12.2 Å². The molecule has 0 aliphatic carbocycles. The SMILES string of the molecule is COc1ccc(OC)c(Nc2ccc(C(N)=S)cc2F)c1. The Morgan fingerprint density at radius 3 is 2.43 bits per heavy atom. The van der Waals surface area contributed by atoms with Crippen LogP contribution in [-0.4, -0.2) is 19.2 Å². The fraction of sp³-hybridized carbons (Fsp3) is 0.133. The summed E-state index contributed by atoms with van der Waals surface area (Å²) in [6.45, 7) is 0. The van der Waals surface area contributed by atoms with Crippen molar-refractivity contribution in [3.63, 3.8) is 0 Å². The van der Waals surface area contributed by atoms with Crippen LogP contribution in [0.4, 0.5) is 15.8 Å². The van der Waals surface area contributed by atoms with E-state index in [0.717, 1.165) is 0 Å². The summed E-state index contributed by atoms with van der Waals surface area (Å²) < 4.78 is 24.5. The quantitative estimate of drug-likeness (QED) is 0.831. The number of methoxy groups -OCH3 is 2. The molecule has 21 heavy (non-hydrogen) atoms. The van der Waals surface area contributed by atoms with Crippen LogP contribution in [0.3, 0.4) is 0 Å². The Morgan fingerprint density at radius 1 is 1.10 bits per heavy atom. The standard InChI is InChI=1S/C15H15FN2O2S/c1-19-10-4-6-14(20-2)13(8-10)18-12-5-3-9(15(17)21)7-11(12)16/h3-8,18H,1-2H3,(H2,17,21). The van der Waals surface area contributed by atoms with Crippen molar-refractivity contribution in [2.75, 3.05) is 19.5 Å². The van der Waals surface area contributed by atoms with Gasteiger partial charge in [0.05, 0.1) is 25.6 Å². The van der Waals surface area contributed by atoms with Crippen LogP contribution in [0.25, 0.3) is 0 Å². The minimum absolute atomic E-state index is 0.152. The summed E-state index contributed by atoms with van der Waals surface area (Å²) in [5.74, 6) is 0.761. The predicted molar refractivity (Wildman–Crippen MR) is 85.1 cm³/mol. The Morgan fingerprint density at radius 2 is 1.86 bits per heavy atom. The number of hydrogen-bond donors (Lipinski definition) is 2. The van der Waals surface area contributed by atoms with E-state index in [4.69, 9.17) is 27.4 Å².